The normalized spacial score (nSPS) is 16.6. The molecule has 0 saturated carbocycles. The van der Waals surface area contributed by atoms with Gasteiger partial charge in [0, 0.05) is 44.4 Å². The Bertz CT molecular complexity index is 1440. The quantitative estimate of drug-likeness (QED) is 0.266. The largest absolute Gasteiger partial charge is 0.467 e. The molecule has 12 heteroatoms. The van der Waals surface area contributed by atoms with E-state index in [2.05, 4.69) is 38.5 Å². The number of methoxy groups -OCH3 is 1. The summed E-state index contributed by atoms with van der Waals surface area (Å²) in [5, 5.41) is 0.507. The summed E-state index contributed by atoms with van der Waals surface area (Å²) >= 11 is 1.40. The average molecular weight is 557 g/mol. The third-order valence-corrected chi connectivity index (χ3v) is 8.31. The molecule has 1 aliphatic heterocycles. The number of hydrogen-bond donors (Lipinski definition) is 0. The van der Waals surface area contributed by atoms with Crippen LogP contribution in [0.3, 0.4) is 0 Å². The number of ether oxygens (including phenoxy) is 2. The van der Waals surface area contributed by atoms with Crippen LogP contribution in [0.1, 0.15) is 37.9 Å². The first-order valence-electron chi connectivity index (χ1n) is 12.2. The number of nitrogens with zero attached hydrogens (tertiary/aromatic N) is 6. The lowest BCUT2D eigenvalue weighted by atomic mass is 9.92. The van der Waals surface area contributed by atoms with Crippen molar-refractivity contribution in [1.29, 1.82) is 0 Å². The molecule has 1 atom stereocenters. The maximum atomic E-state index is 11.7. The van der Waals surface area contributed by atoms with Crippen molar-refractivity contribution in [1.82, 2.24) is 19.9 Å². The van der Waals surface area contributed by atoms with E-state index < -0.39 is 9.84 Å². The number of anilines is 1. The molecule has 202 valence electrons. The molecule has 1 unspecified atom stereocenters. The van der Waals surface area contributed by atoms with Gasteiger partial charge in [-0.05, 0) is 63.1 Å². The summed E-state index contributed by atoms with van der Waals surface area (Å²) in [5.74, 6) is 1.15. The van der Waals surface area contributed by atoms with Gasteiger partial charge in [-0.25, -0.2) is 28.4 Å². The van der Waals surface area contributed by atoms with Crippen LogP contribution in [0.15, 0.2) is 46.7 Å². The Labute approximate surface area is 227 Å². The highest BCUT2D eigenvalue weighted by atomic mass is 32.2. The van der Waals surface area contributed by atoms with Gasteiger partial charge in [-0.15, -0.1) is 0 Å². The fourth-order valence-electron chi connectivity index (χ4n) is 4.22. The second-order valence-corrected chi connectivity index (χ2v) is 12.2. The van der Waals surface area contributed by atoms with Gasteiger partial charge in [0.1, 0.15) is 16.5 Å². The van der Waals surface area contributed by atoms with E-state index in [0.29, 0.717) is 17.7 Å². The predicted octanol–water partition coefficient (Wildman–Crippen LogP) is 4.30. The fraction of sp³-hybridized carbons (Fsp3) is 0.423. The highest BCUT2D eigenvalue weighted by molar-refractivity contribution is 7.94. The van der Waals surface area contributed by atoms with Crippen molar-refractivity contribution in [3.8, 4) is 5.19 Å². The van der Waals surface area contributed by atoms with Gasteiger partial charge in [-0.2, -0.15) is 0 Å². The van der Waals surface area contributed by atoms with E-state index in [0.717, 1.165) is 65.3 Å². The third kappa shape index (κ3) is 6.80. The van der Waals surface area contributed by atoms with E-state index in [1.807, 2.05) is 31.5 Å². The summed E-state index contributed by atoms with van der Waals surface area (Å²) in [7, 11) is -1.78. The average Bonchev–Trinajstić information content (AvgIpc) is 3.30. The standard InChI is InChI=1S/C26H32N6O4S2/c1-17(6-9-23(27-3)38(5,33)34)21-7-8-22-24(30-21)37-26(31-22)36-18(2)20-10-12-32(13-11-20)25-28-14-19(15-29-25)16-35-4/h6-9,14-15,18,20H,3,10-13,16H2,1-2,4-5H3/b17-6+,23-9+. The summed E-state index contributed by atoms with van der Waals surface area (Å²) < 4.78 is 34.8. The molecule has 4 heterocycles. The van der Waals surface area contributed by atoms with Gasteiger partial charge in [0.15, 0.2) is 14.9 Å². The number of piperidine rings is 1. The van der Waals surface area contributed by atoms with Crippen LogP contribution in [-0.4, -0.2) is 67.6 Å². The summed E-state index contributed by atoms with van der Waals surface area (Å²) in [5.41, 5.74) is 3.24. The molecule has 1 aliphatic rings. The van der Waals surface area contributed by atoms with Crippen molar-refractivity contribution in [3.05, 3.63) is 53.0 Å². The molecule has 0 radical (unpaired) electrons. The minimum atomic E-state index is -3.44. The van der Waals surface area contributed by atoms with E-state index in [1.54, 1.807) is 13.2 Å². The third-order valence-electron chi connectivity index (χ3n) is 6.43. The van der Waals surface area contributed by atoms with Crippen LogP contribution < -0.4 is 9.64 Å². The molecule has 3 aromatic heterocycles. The van der Waals surface area contributed by atoms with Crippen LogP contribution in [0.2, 0.25) is 0 Å². The number of thiazole rings is 1. The van der Waals surface area contributed by atoms with Crippen LogP contribution in [0, 0.1) is 5.92 Å². The van der Waals surface area contributed by atoms with E-state index in [-0.39, 0.29) is 11.1 Å². The number of pyridine rings is 1. The van der Waals surface area contributed by atoms with Crippen molar-refractivity contribution in [2.45, 2.75) is 39.4 Å². The Morgan fingerprint density at radius 3 is 2.58 bits per heavy atom. The smallest absolute Gasteiger partial charge is 0.276 e. The van der Waals surface area contributed by atoms with Crippen molar-refractivity contribution in [2.24, 2.45) is 10.9 Å². The molecule has 4 rings (SSSR count). The zero-order valence-electron chi connectivity index (χ0n) is 22.0. The summed E-state index contributed by atoms with van der Waals surface area (Å²) in [6.07, 6.45) is 9.79. The lowest BCUT2D eigenvalue weighted by molar-refractivity contribution is 0.132. The molecule has 0 aromatic carbocycles. The molecule has 0 aliphatic carbocycles. The van der Waals surface area contributed by atoms with Gasteiger partial charge in [0.2, 0.25) is 5.95 Å². The minimum Gasteiger partial charge on any atom is -0.467 e. The summed E-state index contributed by atoms with van der Waals surface area (Å²) in [4.78, 5) is 24.8. The predicted molar refractivity (Wildman–Crippen MR) is 151 cm³/mol. The number of sulfone groups is 1. The van der Waals surface area contributed by atoms with E-state index in [9.17, 15) is 8.42 Å². The van der Waals surface area contributed by atoms with Gasteiger partial charge in [0.25, 0.3) is 5.19 Å². The maximum Gasteiger partial charge on any atom is 0.276 e. The molecule has 0 bridgehead atoms. The minimum absolute atomic E-state index is 0.00904. The maximum absolute atomic E-state index is 11.7. The topological polar surface area (TPSA) is 120 Å². The van der Waals surface area contributed by atoms with Crippen molar-refractivity contribution >= 4 is 49.8 Å². The van der Waals surface area contributed by atoms with E-state index >= 15 is 0 Å². The molecular formula is C26H32N6O4S2. The molecule has 1 fully saturated rings. The number of allylic oxidation sites excluding steroid dienone is 3. The van der Waals surface area contributed by atoms with Crippen LogP contribution >= 0.6 is 11.3 Å². The second kappa shape index (κ2) is 12.1. The SMILES string of the molecule is C=N/C(=C\C=C(/C)c1ccc2nc(OC(C)C3CCN(c4ncc(COC)cn4)CC3)sc2n1)S(C)(=O)=O. The number of aliphatic imine (C=N–C) groups is 1. The lowest BCUT2D eigenvalue weighted by Crippen LogP contribution is -2.39. The molecule has 0 spiro atoms. The molecule has 1 saturated heterocycles. The lowest BCUT2D eigenvalue weighted by Gasteiger charge is -2.34. The van der Waals surface area contributed by atoms with Crippen LogP contribution in [0.4, 0.5) is 5.95 Å². The molecule has 3 aromatic rings. The number of fused-ring (bicyclic) bond motifs is 1. The van der Waals surface area contributed by atoms with E-state index in [1.165, 1.54) is 17.4 Å². The second-order valence-electron chi connectivity index (χ2n) is 9.26. The van der Waals surface area contributed by atoms with Crippen molar-refractivity contribution < 1.29 is 17.9 Å². The number of rotatable bonds is 10. The molecular weight excluding hydrogens is 524 g/mol. The first-order valence-corrected chi connectivity index (χ1v) is 14.9. The van der Waals surface area contributed by atoms with Gasteiger partial charge in [-0.3, -0.25) is 4.99 Å². The zero-order valence-corrected chi connectivity index (χ0v) is 23.6. The van der Waals surface area contributed by atoms with Gasteiger partial charge in [-0.1, -0.05) is 17.4 Å². The Morgan fingerprint density at radius 1 is 1.24 bits per heavy atom. The van der Waals surface area contributed by atoms with Crippen LogP contribution in [-0.2, 0) is 21.2 Å². The Hall–Kier alpha value is -3.22. The number of aromatic nitrogens is 4. The monoisotopic (exact) mass is 556 g/mol. The molecule has 10 nitrogen and oxygen atoms in total. The molecule has 38 heavy (non-hydrogen) atoms. The van der Waals surface area contributed by atoms with Crippen molar-refractivity contribution in [2.75, 3.05) is 31.4 Å². The molecule has 0 N–H and O–H groups in total. The zero-order chi connectivity index (χ0) is 27.3. The first kappa shape index (κ1) is 27.8. The summed E-state index contributed by atoms with van der Waals surface area (Å²) in [6, 6.07) is 3.75. The Kier molecular flexibility index (Phi) is 8.85. The first-order chi connectivity index (χ1) is 18.2. The Balaban J connectivity index is 1.38. The molecule has 0 amide bonds. The van der Waals surface area contributed by atoms with Gasteiger partial charge < -0.3 is 14.4 Å². The van der Waals surface area contributed by atoms with Crippen molar-refractivity contribution in [3.63, 3.8) is 0 Å². The van der Waals surface area contributed by atoms with E-state index in [4.69, 9.17) is 14.5 Å². The fourth-order valence-corrected chi connectivity index (χ4v) is 5.64. The van der Waals surface area contributed by atoms with Crippen LogP contribution in [0.5, 0.6) is 5.19 Å². The highest BCUT2D eigenvalue weighted by Gasteiger charge is 2.27. The van der Waals surface area contributed by atoms with Gasteiger partial charge >= 0.3 is 0 Å². The number of hydrogen-bond acceptors (Lipinski definition) is 11. The highest BCUT2D eigenvalue weighted by Crippen LogP contribution is 2.31. The summed E-state index contributed by atoms with van der Waals surface area (Å²) in [6.45, 7) is 9.53. The Morgan fingerprint density at radius 2 is 1.95 bits per heavy atom. The van der Waals surface area contributed by atoms with Gasteiger partial charge in [0.05, 0.1) is 12.3 Å². The van der Waals surface area contributed by atoms with Crippen LogP contribution in [0.25, 0.3) is 15.9 Å².